The van der Waals surface area contributed by atoms with Gasteiger partial charge in [-0.05, 0) is 43.7 Å². The molecule has 0 radical (unpaired) electrons. The van der Waals surface area contributed by atoms with Crippen LogP contribution in [-0.4, -0.2) is 23.1 Å². The minimum absolute atomic E-state index is 0.101. The Kier molecular flexibility index (Phi) is 3.89. The molecule has 0 saturated carbocycles. The Hall–Kier alpha value is -2.13. The zero-order chi connectivity index (χ0) is 16.7. The molecule has 1 atom stereocenters. The van der Waals surface area contributed by atoms with Crippen LogP contribution in [0.4, 0.5) is 4.39 Å². The van der Waals surface area contributed by atoms with Gasteiger partial charge in [0.2, 0.25) is 0 Å². The monoisotopic (exact) mass is 322 g/mol. The van der Waals surface area contributed by atoms with E-state index in [1.54, 1.807) is 12.1 Å². The van der Waals surface area contributed by atoms with Gasteiger partial charge in [-0.15, -0.1) is 0 Å². The number of hydrogen-bond donors (Lipinski definition) is 0. The van der Waals surface area contributed by atoms with Crippen LogP contribution in [-0.2, 0) is 19.4 Å². The molecule has 2 nitrogen and oxygen atoms in total. The summed E-state index contributed by atoms with van der Waals surface area (Å²) >= 11 is 0. The first-order valence-electron chi connectivity index (χ1n) is 8.70. The maximum absolute atomic E-state index is 14.0. The normalized spacial score (nSPS) is 18.0. The SMILES string of the molecule is CC1c2c(n(CCc3ccccc3F)c3ccccc23)CCN1C. The van der Waals surface area contributed by atoms with Crippen molar-refractivity contribution in [2.75, 3.05) is 13.6 Å². The van der Waals surface area contributed by atoms with Crippen LogP contribution in [0.15, 0.2) is 48.5 Å². The van der Waals surface area contributed by atoms with Crippen LogP contribution < -0.4 is 0 Å². The predicted molar refractivity (Wildman–Crippen MR) is 96.8 cm³/mol. The van der Waals surface area contributed by atoms with Crippen molar-refractivity contribution in [2.45, 2.75) is 32.4 Å². The Balaban J connectivity index is 1.77. The molecule has 2 aromatic carbocycles. The fourth-order valence-electron chi connectivity index (χ4n) is 4.00. The van der Waals surface area contributed by atoms with Crippen molar-refractivity contribution in [1.29, 1.82) is 0 Å². The van der Waals surface area contributed by atoms with E-state index in [2.05, 4.69) is 47.7 Å². The van der Waals surface area contributed by atoms with Crippen LogP contribution in [0.1, 0.15) is 29.8 Å². The van der Waals surface area contributed by atoms with E-state index in [0.29, 0.717) is 6.04 Å². The van der Waals surface area contributed by atoms with E-state index in [-0.39, 0.29) is 5.82 Å². The summed E-state index contributed by atoms with van der Waals surface area (Å²) < 4.78 is 16.4. The number of likely N-dealkylation sites (N-methyl/N-ethyl adjacent to an activating group) is 1. The van der Waals surface area contributed by atoms with E-state index >= 15 is 0 Å². The van der Waals surface area contributed by atoms with E-state index in [1.165, 1.54) is 22.2 Å². The second-order valence-corrected chi connectivity index (χ2v) is 6.78. The fourth-order valence-corrected chi connectivity index (χ4v) is 4.00. The average Bonchev–Trinajstić information content (AvgIpc) is 2.92. The quantitative estimate of drug-likeness (QED) is 0.685. The van der Waals surface area contributed by atoms with Crippen molar-refractivity contribution in [2.24, 2.45) is 0 Å². The summed E-state index contributed by atoms with van der Waals surface area (Å²) in [5.41, 5.74) is 4.96. The topological polar surface area (TPSA) is 8.17 Å². The number of nitrogens with zero attached hydrogens (tertiary/aromatic N) is 2. The summed E-state index contributed by atoms with van der Waals surface area (Å²) in [6.45, 7) is 4.18. The molecular weight excluding hydrogens is 299 g/mol. The van der Waals surface area contributed by atoms with Gasteiger partial charge in [0.25, 0.3) is 0 Å². The Bertz CT molecular complexity index is 881. The highest BCUT2D eigenvalue weighted by atomic mass is 19.1. The maximum Gasteiger partial charge on any atom is 0.126 e. The third-order valence-electron chi connectivity index (χ3n) is 5.46. The van der Waals surface area contributed by atoms with Gasteiger partial charge >= 0.3 is 0 Å². The van der Waals surface area contributed by atoms with Crippen molar-refractivity contribution in [3.63, 3.8) is 0 Å². The van der Waals surface area contributed by atoms with E-state index < -0.39 is 0 Å². The first-order valence-corrected chi connectivity index (χ1v) is 8.70. The van der Waals surface area contributed by atoms with E-state index in [9.17, 15) is 4.39 Å². The van der Waals surface area contributed by atoms with Gasteiger partial charge in [0.05, 0.1) is 0 Å². The van der Waals surface area contributed by atoms with Crippen LogP contribution in [0.2, 0.25) is 0 Å². The molecule has 0 bridgehead atoms. The van der Waals surface area contributed by atoms with Gasteiger partial charge in [-0.1, -0.05) is 36.4 Å². The Morgan fingerprint density at radius 3 is 2.67 bits per heavy atom. The molecule has 1 aromatic heterocycles. The van der Waals surface area contributed by atoms with E-state index in [1.807, 2.05) is 12.1 Å². The summed E-state index contributed by atoms with van der Waals surface area (Å²) in [6.07, 6.45) is 1.78. The third kappa shape index (κ3) is 2.44. The second-order valence-electron chi connectivity index (χ2n) is 6.78. The molecular formula is C21H23FN2. The molecule has 0 saturated heterocycles. The lowest BCUT2D eigenvalue weighted by Gasteiger charge is -2.31. The van der Waals surface area contributed by atoms with Crippen molar-refractivity contribution in [1.82, 2.24) is 9.47 Å². The Morgan fingerprint density at radius 1 is 1.08 bits per heavy atom. The molecule has 24 heavy (non-hydrogen) atoms. The van der Waals surface area contributed by atoms with E-state index in [4.69, 9.17) is 0 Å². The number of aryl methyl sites for hydroxylation is 2. The minimum Gasteiger partial charge on any atom is -0.344 e. The average molecular weight is 322 g/mol. The number of benzene rings is 2. The predicted octanol–water partition coefficient (Wildman–Crippen LogP) is 4.57. The lowest BCUT2D eigenvalue weighted by atomic mass is 9.97. The molecule has 1 aliphatic rings. The molecule has 0 N–H and O–H groups in total. The highest BCUT2D eigenvalue weighted by molar-refractivity contribution is 5.86. The molecule has 4 rings (SSSR count). The minimum atomic E-state index is -0.101. The molecule has 0 aliphatic carbocycles. The van der Waals surface area contributed by atoms with Crippen LogP contribution >= 0.6 is 0 Å². The summed E-state index contributed by atoms with van der Waals surface area (Å²) in [5, 5.41) is 1.35. The highest BCUT2D eigenvalue weighted by Gasteiger charge is 2.27. The van der Waals surface area contributed by atoms with Gasteiger partial charge in [-0.3, -0.25) is 4.90 Å². The summed E-state index contributed by atoms with van der Waals surface area (Å²) in [7, 11) is 2.19. The molecule has 3 heteroatoms. The molecule has 0 spiro atoms. The lowest BCUT2D eigenvalue weighted by Crippen LogP contribution is -2.31. The summed E-state index contributed by atoms with van der Waals surface area (Å²) in [6, 6.07) is 16.2. The fraction of sp³-hybridized carbons (Fsp3) is 0.333. The molecule has 0 amide bonds. The van der Waals surface area contributed by atoms with Crippen molar-refractivity contribution >= 4 is 10.9 Å². The number of para-hydroxylation sites is 1. The van der Waals surface area contributed by atoms with E-state index in [0.717, 1.165) is 31.5 Å². The van der Waals surface area contributed by atoms with Gasteiger partial charge in [0, 0.05) is 42.1 Å². The van der Waals surface area contributed by atoms with Crippen molar-refractivity contribution < 1.29 is 4.39 Å². The van der Waals surface area contributed by atoms with Crippen LogP contribution in [0.25, 0.3) is 10.9 Å². The molecule has 3 aromatic rings. The Labute approximate surface area is 142 Å². The van der Waals surface area contributed by atoms with Gasteiger partial charge < -0.3 is 4.57 Å². The summed E-state index contributed by atoms with van der Waals surface area (Å²) in [4.78, 5) is 2.41. The van der Waals surface area contributed by atoms with Crippen molar-refractivity contribution in [3.8, 4) is 0 Å². The summed E-state index contributed by atoms with van der Waals surface area (Å²) in [5.74, 6) is -0.101. The number of halogens is 1. The second kappa shape index (κ2) is 6.06. The van der Waals surface area contributed by atoms with Crippen LogP contribution in [0, 0.1) is 5.82 Å². The smallest absolute Gasteiger partial charge is 0.126 e. The largest absolute Gasteiger partial charge is 0.344 e. The molecule has 124 valence electrons. The highest BCUT2D eigenvalue weighted by Crippen LogP contribution is 2.37. The van der Waals surface area contributed by atoms with Gasteiger partial charge in [0.15, 0.2) is 0 Å². The third-order valence-corrected chi connectivity index (χ3v) is 5.46. The standard InChI is InChI=1S/C21H23FN2/c1-15-21-17-8-4-6-10-19(17)24(20(21)12-13-23(15)2)14-11-16-7-3-5-9-18(16)22/h3-10,15H,11-14H2,1-2H3. The number of aromatic nitrogens is 1. The van der Waals surface area contributed by atoms with Gasteiger partial charge in [-0.2, -0.15) is 0 Å². The first-order chi connectivity index (χ1) is 11.7. The molecule has 1 unspecified atom stereocenters. The van der Waals surface area contributed by atoms with Crippen LogP contribution in [0.3, 0.4) is 0 Å². The Morgan fingerprint density at radius 2 is 1.83 bits per heavy atom. The van der Waals surface area contributed by atoms with Crippen molar-refractivity contribution in [3.05, 3.63) is 71.2 Å². The number of hydrogen-bond acceptors (Lipinski definition) is 1. The number of rotatable bonds is 3. The molecule has 1 aliphatic heterocycles. The number of fused-ring (bicyclic) bond motifs is 3. The zero-order valence-corrected chi connectivity index (χ0v) is 14.3. The van der Waals surface area contributed by atoms with Crippen LogP contribution in [0.5, 0.6) is 0 Å². The maximum atomic E-state index is 14.0. The molecule has 0 fully saturated rings. The zero-order valence-electron chi connectivity index (χ0n) is 14.3. The molecule has 2 heterocycles. The first kappa shape index (κ1) is 15.4. The van der Waals surface area contributed by atoms with Gasteiger partial charge in [-0.25, -0.2) is 4.39 Å². The van der Waals surface area contributed by atoms with Gasteiger partial charge in [0.1, 0.15) is 5.82 Å². The lowest BCUT2D eigenvalue weighted by molar-refractivity contribution is 0.245.